The van der Waals surface area contributed by atoms with Gasteiger partial charge in [-0.05, 0) is 50.7 Å². The largest absolute Gasteiger partial charge is 0.308 e. The third kappa shape index (κ3) is 2.61. The molecule has 20 heavy (non-hydrogen) atoms. The maximum atomic E-state index is 4.27. The SMILES string of the molecule is CCC1(C)CNC(C)(C2CC2)CN1Cc1cccnc1. The van der Waals surface area contributed by atoms with E-state index in [1.807, 2.05) is 18.5 Å². The van der Waals surface area contributed by atoms with Gasteiger partial charge in [-0.25, -0.2) is 0 Å². The molecular formula is C17H27N3. The minimum atomic E-state index is 0.254. The fourth-order valence-corrected chi connectivity index (χ4v) is 3.45. The Morgan fingerprint density at radius 2 is 2.20 bits per heavy atom. The van der Waals surface area contributed by atoms with Gasteiger partial charge in [-0.2, -0.15) is 0 Å². The van der Waals surface area contributed by atoms with Crippen molar-refractivity contribution in [2.24, 2.45) is 5.92 Å². The zero-order valence-corrected chi connectivity index (χ0v) is 13.0. The summed E-state index contributed by atoms with van der Waals surface area (Å²) < 4.78 is 0. The lowest BCUT2D eigenvalue weighted by atomic mass is 9.84. The summed E-state index contributed by atoms with van der Waals surface area (Å²) in [5, 5.41) is 3.86. The molecule has 1 saturated carbocycles. The maximum absolute atomic E-state index is 4.27. The molecule has 3 nitrogen and oxygen atoms in total. The molecule has 1 aromatic heterocycles. The van der Waals surface area contributed by atoms with Crippen LogP contribution in [0.2, 0.25) is 0 Å². The van der Waals surface area contributed by atoms with Crippen molar-refractivity contribution in [3.05, 3.63) is 30.1 Å². The molecule has 0 radical (unpaired) electrons. The highest BCUT2D eigenvalue weighted by Crippen LogP contribution is 2.43. The van der Waals surface area contributed by atoms with Crippen LogP contribution in [0.1, 0.15) is 45.6 Å². The molecule has 1 aliphatic heterocycles. The van der Waals surface area contributed by atoms with Gasteiger partial charge in [0.05, 0.1) is 0 Å². The molecular weight excluding hydrogens is 246 g/mol. The first-order valence-corrected chi connectivity index (χ1v) is 7.95. The molecule has 1 saturated heterocycles. The molecule has 2 fully saturated rings. The second kappa shape index (κ2) is 5.12. The van der Waals surface area contributed by atoms with E-state index in [-0.39, 0.29) is 5.54 Å². The van der Waals surface area contributed by atoms with Crippen LogP contribution in [-0.2, 0) is 6.54 Å². The molecule has 0 spiro atoms. The molecule has 1 aromatic rings. The van der Waals surface area contributed by atoms with Crippen molar-refractivity contribution in [3.8, 4) is 0 Å². The molecule has 2 aliphatic rings. The molecule has 2 atom stereocenters. The van der Waals surface area contributed by atoms with Gasteiger partial charge in [0, 0.05) is 43.1 Å². The Kier molecular flexibility index (Phi) is 3.59. The minimum absolute atomic E-state index is 0.254. The second-order valence-corrected chi connectivity index (χ2v) is 7.11. The highest BCUT2D eigenvalue weighted by Gasteiger charge is 2.48. The molecule has 110 valence electrons. The summed E-state index contributed by atoms with van der Waals surface area (Å²) in [5.74, 6) is 0.875. The van der Waals surface area contributed by atoms with Crippen molar-refractivity contribution < 1.29 is 0 Å². The number of rotatable bonds is 4. The van der Waals surface area contributed by atoms with E-state index in [1.54, 1.807) is 0 Å². The lowest BCUT2D eigenvalue weighted by Crippen LogP contribution is -2.68. The monoisotopic (exact) mass is 273 g/mol. The van der Waals surface area contributed by atoms with Gasteiger partial charge in [0.1, 0.15) is 0 Å². The van der Waals surface area contributed by atoms with Crippen LogP contribution in [0.4, 0.5) is 0 Å². The summed E-state index contributed by atoms with van der Waals surface area (Å²) in [7, 11) is 0. The standard InChI is InChI=1S/C17H27N3/c1-4-16(2)12-19-17(3,15-7-8-15)13-20(16)11-14-6-5-9-18-10-14/h5-6,9-10,15,19H,4,7-8,11-13H2,1-3H3. The van der Waals surface area contributed by atoms with E-state index < -0.39 is 0 Å². The number of pyridine rings is 1. The molecule has 0 amide bonds. The van der Waals surface area contributed by atoms with E-state index >= 15 is 0 Å². The molecule has 3 rings (SSSR count). The normalized spacial score (nSPS) is 35.1. The molecule has 1 aliphatic carbocycles. The van der Waals surface area contributed by atoms with Crippen LogP contribution < -0.4 is 5.32 Å². The van der Waals surface area contributed by atoms with Crippen molar-refractivity contribution in [1.82, 2.24) is 15.2 Å². The van der Waals surface area contributed by atoms with Crippen LogP contribution in [0.15, 0.2) is 24.5 Å². The Labute approximate surface area is 122 Å². The van der Waals surface area contributed by atoms with Crippen molar-refractivity contribution in [3.63, 3.8) is 0 Å². The minimum Gasteiger partial charge on any atom is -0.308 e. The fraction of sp³-hybridized carbons (Fsp3) is 0.706. The summed E-state index contributed by atoms with van der Waals surface area (Å²) in [6.45, 7) is 10.4. The number of hydrogen-bond donors (Lipinski definition) is 1. The molecule has 2 heterocycles. The van der Waals surface area contributed by atoms with Gasteiger partial charge in [0.25, 0.3) is 0 Å². The number of piperazine rings is 1. The Morgan fingerprint density at radius 1 is 1.40 bits per heavy atom. The first-order chi connectivity index (χ1) is 9.56. The molecule has 1 N–H and O–H groups in total. The van der Waals surface area contributed by atoms with Crippen molar-refractivity contribution >= 4 is 0 Å². The maximum Gasteiger partial charge on any atom is 0.0312 e. The van der Waals surface area contributed by atoms with E-state index in [0.29, 0.717) is 5.54 Å². The number of nitrogens with one attached hydrogen (secondary N) is 1. The smallest absolute Gasteiger partial charge is 0.0312 e. The molecule has 0 aromatic carbocycles. The second-order valence-electron chi connectivity index (χ2n) is 7.11. The van der Waals surface area contributed by atoms with E-state index in [0.717, 1.165) is 25.6 Å². The van der Waals surface area contributed by atoms with Crippen molar-refractivity contribution in [1.29, 1.82) is 0 Å². The topological polar surface area (TPSA) is 28.2 Å². The van der Waals surface area contributed by atoms with Crippen LogP contribution in [-0.4, -0.2) is 34.1 Å². The van der Waals surface area contributed by atoms with Crippen LogP contribution >= 0.6 is 0 Å². The number of aromatic nitrogens is 1. The third-order valence-electron chi connectivity index (χ3n) is 5.49. The van der Waals surface area contributed by atoms with Gasteiger partial charge < -0.3 is 5.32 Å². The fourth-order valence-electron chi connectivity index (χ4n) is 3.45. The Morgan fingerprint density at radius 3 is 2.80 bits per heavy atom. The summed E-state index contributed by atoms with van der Waals surface area (Å²) in [6.07, 6.45) is 7.84. The van der Waals surface area contributed by atoms with Crippen LogP contribution in [0.25, 0.3) is 0 Å². The summed E-state index contributed by atoms with van der Waals surface area (Å²) >= 11 is 0. The quantitative estimate of drug-likeness (QED) is 0.914. The van der Waals surface area contributed by atoms with Crippen LogP contribution in [0, 0.1) is 5.92 Å². The molecule has 0 bridgehead atoms. The number of hydrogen-bond acceptors (Lipinski definition) is 3. The predicted octanol–water partition coefficient (Wildman–Crippen LogP) is 2.82. The van der Waals surface area contributed by atoms with Crippen molar-refractivity contribution in [2.75, 3.05) is 13.1 Å². The van der Waals surface area contributed by atoms with Gasteiger partial charge >= 0.3 is 0 Å². The highest BCUT2D eigenvalue weighted by molar-refractivity contribution is 5.13. The molecule has 3 heteroatoms. The van der Waals surface area contributed by atoms with Gasteiger partial charge in [-0.1, -0.05) is 13.0 Å². The summed E-state index contributed by atoms with van der Waals surface area (Å²) in [6, 6.07) is 4.24. The van der Waals surface area contributed by atoms with Crippen molar-refractivity contribution in [2.45, 2.75) is 57.7 Å². The highest BCUT2D eigenvalue weighted by atomic mass is 15.3. The third-order valence-corrected chi connectivity index (χ3v) is 5.49. The van der Waals surface area contributed by atoms with Crippen LogP contribution in [0.3, 0.4) is 0 Å². The predicted molar refractivity (Wildman–Crippen MR) is 82.5 cm³/mol. The van der Waals surface area contributed by atoms with Gasteiger partial charge in [-0.3, -0.25) is 9.88 Å². The molecule has 2 unspecified atom stereocenters. The van der Waals surface area contributed by atoms with Gasteiger partial charge in [-0.15, -0.1) is 0 Å². The Hall–Kier alpha value is -0.930. The lowest BCUT2D eigenvalue weighted by Gasteiger charge is -2.52. The lowest BCUT2D eigenvalue weighted by molar-refractivity contribution is 0.00419. The average Bonchev–Trinajstić information content (AvgIpc) is 3.29. The van der Waals surface area contributed by atoms with E-state index in [9.17, 15) is 0 Å². The first-order valence-electron chi connectivity index (χ1n) is 7.95. The number of nitrogens with zero attached hydrogens (tertiary/aromatic N) is 2. The Balaban J connectivity index is 1.79. The van der Waals surface area contributed by atoms with E-state index in [2.05, 4.69) is 42.0 Å². The average molecular weight is 273 g/mol. The van der Waals surface area contributed by atoms with E-state index in [4.69, 9.17) is 0 Å². The van der Waals surface area contributed by atoms with Gasteiger partial charge in [0.2, 0.25) is 0 Å². The zero-order chi connectivity index (χ0) is 14.2. The zero-order valence-electron chi connectivity index (χ0n) is 13.0. The summed E-state index contributed by atoms with van der Waals surface area (Å²) in [4.78, 5) is 6.94. The summed E-state index contributed by atoms with van der Waals surface area (Å²) in [5.41, 5.74) is 1.88. The Bertz CT molecular complexity index is 457. The van der Waals surface area contributed by atoms with E-state index in [1.165, 1.54) is 24.8 Å². The first kappa shape index (κ1) is 14.0. The van der Waals surface area contributed by atoms with Gasteiger partial charge in [0.15, 0.2) is 0 Å². The van der Waals surface area contributed by atoms with Crippen LogP contribution in [0.5, 0.6) is 0 Å².